The zero-order chi connectivity index (χ0) is 13.6. The maximum absolute atomic E-state index is 11.7. The average Bonchev–Trinajstić information content (AvgIpc) is 2.29. The molecule has 0 amide bonds. The van der Waals surface area contributed by atoms with E-state index in [1.807, 2.05) is 13.8 Å². The van der Waals surface area contributed by atoms with Crippen LogP contribution in [-0.4, -0.2) is 30.8 Å². The fourth-order valence-corrected chi connectivity index (χ4v) is 2.28. The van der Waals surface area contributed by atoms with Gasteiger partial charge in [-0.05, 0) is 26.7 Å². The third kappa shape index (κ3) is 5.36. The molecule has 0 aromatic rings. The normalized spacial score (nSPS) is 19.6. The summed E-state index contributed by atoms with van der Waals surface area (Å²) in [7, 11) is 1.67. The molecule has 0 radical (unpaired) electrons. The molecule has 0 aromatic heterocycles. The van der Waals surface area contributed by atoms with Crippen LogP contribution in [0.5, 0.6) is 0 Å². The topological polar surface area (TPSA) is 61.5 Å². The zero-order valence-corrected chi connectivity index (χ0v) is 12.0. The fraction of sp³-hybridized carbons (Fsp3) is 0.929. The number of esters is 1. The van der Waals surface area contributed by atoms with E-state index in [0.717, 1.165) is 25.7 Å². The van der Waals surface area contributed by atoms with Gasteiger partial charge in [0.25, 0.3) is 0 Å². The van der Waals surface area contributed by atoms with E-state index in [2.05, 4.69) is 0 Å². The summed E-state index contributed by atoms with van der Waals surface area (Å²) in [5, 5.41) is 0. The predicted molar refractivity (Wildman–Crippen MR) is 71.3 cm³/mol. The SMILES string of the molecule is COC(C)(C)CCOC(=O)CC1(N)CCCCC1. The Morgan fingerprint density at radius 1 is 1.28 bits per heavy atom. The molecule has 4 nitrogen and oxygen atoms in total. The van der Waals surface area contributed by atoms with Crippen LogP contribution in [0.15, 0.2) is 0 Å². The van der Waals surface area contributed by atoms with Gasteiger partial charge in [-0.25, -0.2) is 0 Å². The summed E-state index contributed by atoms with van der Waals surface area (Å²) in [6.45, 7) is 4.36. The molecule has 4 heteroatoms. The largest absolute Gasteiger partial charge is 0.466 e. The van der Waals surface area contributed by atoms with Crippen molar-refractivity contribution in [1.82, 2.24) is 0 Å². The van der Waals surface area contributed by atoms with E-state index in [1.165, 1.54) is 6.42 Å². The molecule has 0 bridgehead atoms. The van der Waals surface area contributed by atoms with Crippen LogP contribution in [0.1, 0.15) is 58.8 Å². The maximum atomic E-state index is 11.7. The van der Waals surface area contributed by atoms with Gasteiger partial charge in [0.2, 0.25) is 0 Å². The van der Waals surface area contributed by atoms with Gasteiger partial charge < -0.3 is 15.2 Å². The van der Waals surface area contributed by atoms with Crippen molar-refractivity contribution in [2.75, 3.05) is 13.7 Å². The van der Waals surface area contributed by atoms with E-state index in [9.17, 15) is 4.79 Å². The Bertz CT molecular complexity index is 270. The summed E-state index contributed by atoms with van der Waals surface area (Å²) in [5.74, 6) is -0.175. The highest BCUT2D eigenvalue weighted by molar-refractivity contribution is 5.70. The standard InChI is InChI=1S/C14H27NO3/c1-13(2,17-3)9-10-18-12(16)11-14(15)7-5-4-6-8-14/h4-11,15H2,1-3H3. The minimum absolute atomic E-state index is 0.175. The van der Waals surface area contributed by atoms with E-state index in [0.29, 0.717) is 19.4 Å². The molecule has 1 fully saturated rings. The van der Waals surface area contributed by atoms with Crippen molar-refractivity contribution in [1.29, 1.82) is 0 Å². The Balaban J connectivity index is 2.25. The fourth-order valence-electron chi connectivity index (χ4n) is 2.28. The number of methoxy groups -OCH3 is 1. The molecular formula is C14H27NO3. The van der Waals surface area contributed by atoms with Gasteiger partial charge in [-0.2, -0.15) is 0 Å². The Labute approximate surface area is 110 Å². The molecule has 0 saturated heterocycles. The highest BCUT2D eigenvalue weighted by Gasteiger charge is 2.30. The minimum atomic E-state index is -0.327. The smallest absolute Gasteiger partial charge is 0.307 e. The van der Waals surface area contributed by atoms with Gasteiger partial charge in [0.05, 0.1) is 18.6 Å². The highest BCUT2D eigenvalue weighted by Crippen LogP contribution is 2.29. The van der Waals surface area contributed by atoms with E-state index in [-0.39, 0.29) is 17.1 Å². The minimum Gasteiger partial charge on any atom is -0.466 e. The van der Waals surface area contributed by atoms with Gasteiger partial charge in [0, 0.05) is 19.1 Å². The average molecular weight is 257 g/mol. The van der Waals surface area contributed by atoms with Crippen molar-refractivity contribution in [2.24, 2.45) is 5.73 Å². The quantitative estimate of drug-likeness (QED) is 0.742. The van der Waals surface area contributed by atoms with Crippen LogP contribution in [0, 0.1) is 0 Å². The molecule has 106 valence electrons. The van der Waals surface area contributed by atoms with Crippen molar-refractivity contribution in [2.45, 2.75) is 69.9 Å². The molecular weight excluding hydrogens is 230 g/mol. The van der Waals surface area contributed by atoms with E-state index in [1.54, 1.807) is 7.11 Å². The molecule has 18 heavy (non-hydrogen) atoms. The van der Waals surface area contributed by atoms with Gasteiger partial charge >= 0.3 is 5.97 Å². The lowest BCUT2D eigenvalue weighted by Crippen LogP contribution is -2.44. The summed E-state index contributed by atoms with van der Waals surface area (Å²) < 4.78 is 10.5. The summed E-state index contributed by atoms with van der Waals surface area (Å²) in [6, 6.07) is 0. The molecule has 1 rings (SSSR count). The number of nitrogens with two attached hydrogens (primary N) is 1. The molecule has 0 spiro atoms. The van der Waals surface area contributed by atoms with E-state index >= 15 is 0 Å². The molecule has 2 N–H and O–H groups in total. The van der Waals surface area contributed by atoms with Gasteiger partial charge in [0.15, 0.2) is 0 Å². The maximum Gasteiger partial charge on any atom is 0.307 e. The van der Waals surface area contributed by atoms with Crippen molar-refractivity contribution in [3.63, 3.8) is 0 Å². The molecule has 0 heterocycles. The Kier molecular flexibility index (Phi) is 5.60. The van der Waals surface area contributed by atoms with Crippen LogP contribution in [0.25, 0.3) is 0 Å². The lowest BCUT2D eigenvalue weighted by Gasteiger charge is -2.32. The molecule has 0 aromatic carbocycles. The summed E-state index contributed by atoms with van der Waals surface area (Å²) in [5.41, 5.74) is 5.65. The third-order valence-electron chi connectivity index (χ3n) is 3.87. The summed E-state index contributed by atoms with van der Waals surface area (Å²) in [4.78, 5) is 11.7. The van der Waals surface area contributed by atoms with Crippen LogP contribution in [0.4, 0.5) is 0 Å². The number of ether oxygens (including phenoxy) is 2. The second-order valence-corrected chi connectivity index (χ2v) is 6.03. The second-order valence-electron chi connectivity index (χ2n) is 6.03. The van der Waals surface area contributed by atoms with Crippen molar-refractivity contribution >= 4 is 5.97 Å². The Morgan fingerprint density at radius 3 is 2.44 bits per heavy atom. The van der Waals surface area contributed by atoms with Crippen LogP contribution >= 0.6 is 0 Å². The number of carbonyl (C=O) groups excluding carboxylic acids is 1. The molecule has 1 saturated carbocycles. The monoisotopic (exact) mass is 257 g/mol. The first-order chi connectivity index (χ1) is 8.37. The van der Waals surface area contributed by atoms with Crippen molar-refractivity contribution in [3.05, 3.63) is 0 Å². The Morgan fingerprint density at radius 2 is 1.89 bits per heavy atom. The van der Waals surface area contributed by atoms with Crippen LogP contribution in [0.3, 0.4) is 0 Å². The third-order valence-corrected chi connectivity index (χ3v) is 3.87. The summed E-state index contributed by atoms with van der Waals surface area (Å²) in [6.07, 6.45) is 6.40. The molecule has 1 aliphatic carbocycles. The van der Waals surface area contributed by atoms with Gasteiger partial charge in [0.1, 0.15) is 0 Å². The summed E-state index contributed by atoms with van der Waals surface area (Å²) >= 11 is 0. The Hall–Kier alpha value is -0.610. The van der Waals surface area contributed by atoms with E-state index < -0.39 is 0 Å². The number of carbonyl (C=O) groups is 1. The number of hydrogen-bond donors (Lipinski definition) is 1. The van der Waals surface area contributed by atoms with Gasteiger partial charge in [-0.3, -0.25) is 4.79 Å². The van der Waals surface area contributed by atoms with Crippen LogP contribution < -0.4 is 5.73 Å². The molecule has 1 aliphatic rings. The predicted octanol–water partition coefficient (Wildman–Crippen LogP) is 2.40. The molecule has 0 unspecified atom stereocenters. The molecule has 0 atom stereocenters. The highest BCUT2D eigenvalue weighted by atomic mass is 16.5. The number of rotatable bonds is 6. The molecule has 0 aliphatic heterocycles. The van der Waals surface area contributed by atoms with Crippen molar-refractivity contribution < 1.29 is 14.3 Å². The lowest BCUT2D eigenvalue weighted by atomic mass is 9.80. The van der Waals surface area contributed by atoms with Gasteiger partial charge in [-0.1, -0.05) is 19.3 Å². The van der Waals surface area contributed by atoms with Gasteiger partial charge in [-0.15, -0.1) is 0 Å². The first-order valence-corrected chi connectivity index (χ1v) is 6.87. The second kappa shape index (κ2) is 6.53. The first-order valence-electron chi connectivity index (χ1n) is 6.87. The zero-order valence-electron chi connectivity index (χ0n) is 12.0. The van der Waals surface area contributed by atoms with E-state index in [4.69, 9.17) is 15.2 Å². The van der Waals surface area contributed by atoms with Crippen LogP contribution in [-0.2, 0) is 14.3 Å². The lowest BCUT2D eigenvalue weighted by molar-refractivity contribution is -0.146. The van der Waals surface area contributed by atoms with Crippen molar-refractivity contribution in [3.8, 4) is 0 Å². The number of hydrogen-bond acceptors (Lipinski definition) is 4. The van der Waals surface area contributed by atoms with Crippen LogP contribution in [0.2, 0.25) is 0 Å². The first kappa shape index (κ1) is 15.4.